The molecule has 0 bridgehead atoms. The van der Waals surface area contributed by atoms with Crippen LogP contribution < -0.4 is 0 Å². The molecule has 0 fully saturated rings. The SMILES string of the molecule is C=CCN(C)C.Cl.OCCO. The van der Waals surface area contributed by atoms with Gasteiger partial charge >= 0.3 is 0 Å². The van der Waals surface area contributed by atoms with E-state index in [1.165, 1.54) is 0 Å². The fourth-order valence-electron chi connectivity index (χ4n) is 0.258. The number of rotatable bonds is 3. The summed E-state index contributed by atoms with van der Waals surface area (Å²) in [6.07, 6.45) is 1.88. The number of hydrogen-bond acceptors (Lipinski definition) is 3. The standard InChI is InChI=1S/C5H11N.C2H6O2.ClH/c1-4-5-6(2)3;3-1-2-4;/h4H,1,5H2,2-3H3;3-4H,1-2H2;1H. The van der Waals surface area contributed by atoms with Crippen LogP contribution in [0, 0.1) is 0 Å². The average Bonchev–Trinajstić information content (AvgIpc) is 1.89. The number of aliphatic hydroxyl groups is 2. The summed E-state index contributed by atoms with van der Waals surface area (Å²) in [6, 6.07) is 0. The molecule has 0 atom stereocenters. The summed E-state index contributed by atoms with van der Waals surface area (Å²) in [5.41, 5.74) is 0. The molecule has 0 unspecified atom stereocenters. The molecule has 0 aliphatic rings. The number of hydrogen-bond donors (Lipinski definition) is 2. The van der Waals surface area contributed by atoms with Crippen LogP contribution in [0.1, 0.15) is 0 Å². The van der Waals surface area contributed by atoms with Crippen molar-refractivity contribution in [1.29, 1.82) is 0 Å². The lowest BCUT2D eigenvalue weighted by Crippen LogP contribution is -2.09. The Morgan fingerprint density at radius 3 is 1.64 bits per heavy atom. The second kappa shape index (κ2) is 16.5. The maximum Gasteiger partial charge on any atom is 0.0662 e. The van der Waals surface area contributed by atoms with E-state index in [1.807, 2.05) is 20.2 Å². The smallest absolute Gasteiger partial charge is 0.0662 e. The fraction of sp³-hybridized carbons (Fsp3) is 0.714. The zero-order valence-corrected chi connectivity index (χ0v) is 7.97. The third-order valence-corrected chi connectivity index (χ3v) is 0.594. The van der Waals surface area contributed by atoms with Gasteiger partial charge in [-0.05, 0) is 14.1 Å². The van der Waals surface area contributed by atoms with Gasteiger partial charge in [0.1, 0.15) is 0 Å². The molecule has 70 valence electrons. The largest absolute Gasteiger partial charge is 0.394 e. The summed E-state index contributed by atoms with van der Waals surface area (Å²) in [4.78, 5) is 2.06. The predicted molar refractivity (Wildman–Crippen MR) is 50.2 cm³/mol. The van der Waals surface area contributed by atoms with Crippen LogP contribution in [0.15, 0.2) is 12.7 Å². The predicted octanol–water partition coefficient (Wildman–Crippen LogP) is 0.127. The summed E-state index contributed by atoms with van der Waals surface area (Å²) in [5, 5.41) is 15.2. The fourth-order valence-corrected chi connectivity index (χ4v) is 0.258. The van der Waals surface area contributed by atoms with E-state index in [4.69, 9.17) is 10.2 Å². The first-order chi connectivity index (χ1) is 4.68. The monoisotopic (exact) mass is 183 g/mol. The normalized spacial score (nSPS) is 7.73. The molecule has 0 aromatic carbocycles. The van der Waals surface area contributed by atoms with Gasteiger partial charge < -0.3 is 15.1 Å². The summed E-state index contributed by atoms with van der Waals surface area (Å²) in [5.74, 6) is 0. The molecule has 4 heteroatoms. The van der Waals surface area contributed by atoms with Crippen molar-refractivity contribution in [2.45, 2.75) is 0 Å². The van der Waals surface area contributed by atoms with Gasteiger partial charge in [-0.15, -0.1) is 19.0 Å². The Kier molecular flexibility index (Phi) is 25.7. The molecule has 0 spiro atoms. The highest BCUT2D eigenvalue weighted by Crippen LogP contribution is 1.69. The Hall–Kier alpha value is -0.0900. The maximum absolute atomic E-state index is 7.62. The Bertz CT molecular complexity index is 67.5. The molecule has 0 aliphatic carbocycles. The molecule has 3 nitrogen and oxygen atoms in total. The van der Waals surface area contributed by atoms with E-state index in [1.54, 1.807) is 0 Å². The summed E-state index contributed by atoms with van der Waals surface area (Å²) < 4.78 is 0. The quantitative estimate of drug-likeness (QED) is 0.612. The highest BCUT2D eigenvalue weighted by atomic mass is 35.5. The molecule has 0 amide bonds. The van der Waals surface area contributed by atoms with Crippen molar-refractivity contribution in [3.63, 3.8) is 0 Å². The second-order valence-electron chi connectivity index (χ2n) is 2.00. The van der Waals surface area contributed by atoms with E-state index >= 15 is 0 Å². The van der Waals surface area contributed by atoms with Crippen molar-refractivity contribution in [2.24, 2.45) is 0 Å². The zero-order chi connectivity index (χ0) is 8.41. The first kappa shape index (κ1) is 17.1. The lowest BCUT2D eigenvalue weighted by atomic mass is 10.6. The molecule has 0 aromatic heterocycles. The summed E-state index contributed by atoms with van der Waals surface area (Å²) in [7, 11) is 4.03. The van der Waals surface area contributed by atoms with E-state index in [2.05, 4.69) is 11.5 Å². The van der Waals surface area contributed by atoms with Crippen LogP contribution in [0.5, 0.6) is 0 Å². The van der Waals surface area contributed by atoms with Crippen LogP contribution in [-0.2, 0) is 0 Å². The van der Waals surface area contributed by atoms with Crippen molar-refractivity contribution in [3.8, 4) is 0 Å². The molecule has 0 rings (SSSR count). The average molecular weight is 184 g/mol. The zero-order valence-electron chi connectivity index (χ0n) is 7.16. The van der Waals surface area contributed by atoms with Crippen LogP contribution >= 0.6 is 12.4 Å². The van der Waals surface area contributed by atoms with Crippen molar-refractivity contribution >= 4 is 12.4 Å². The number of nitrogens with zero attached hydrogens (tertiary/aromatic N) is 1. The second-order valence-corrected chi connectivity index (χ2v) is 2.00. The molecule has 0 saturated heterocycles. The number of aliphatic hydroxyl groups excluding tert-OH is 2. The third-order valence-electron chi connectivity index (χ3n) is 0.594. The molecule has 0 aliphatic heterocycles. The topological polar surface area (TPSA) is 43.7 Å². The first-order valence-corrected chi connectivity index (χ1v) is 3.16. The van der Waals surface area contributed by atoms with E-state index < -0.39 is 0 Å². The van der Waals surface area contributed by atoms with Crippen LogP contribution in [-0.4, -0.2) is 49.0 Å². The van der Waals surface area contributed by atoms with Gasteiger partial charge in [0.25, 0.3) is 0 Å². The third kappa shape index (κ3) is 40.6. The molecule has 11 heavy (non-hydrogen) atoms. The van der Waals surface area contributed by atoms with Crippen molar-refractivity contribution in [1.82, 2.24) is 4.90 Å². The first-order valence-electron chi connectivity index (χ1n) is 3.16. The van der Waals surface area contributed by atoms with Gasteiger partial charge in [-0.2, -0.15) is 0 Å². The summed E-state index contributed by atoms with van der Waals surface area (Å²) in [6.45, 7) is 4.28. The molecule has 0 saturated carbocycles. The molecule has 2 N–H and O–H groups in total. The van der Waals surface area contributed by atoms with Crippen LogP contribution in [0.3, 0.4) is 0 Å². The van der Waals surface area contributed by atoms with Crippen LogP contribution in [0.2, 0.25) is 0 Å². The Morgan fingerprint density at radius 2 is 1.64 bits per heavy atom. The minimum Gasteiger partial charge on any atom is -0.394 e. The van der Waals surface area contributed by atoms with Crippen LogP contribution in [0.25, 0.3) is 0 Å². The van der Waals surface area contributed by atoms with E-state index in [0.29, 0.717) is 0 Å². The molecule has 0 radical (unpaired) electrons. The van der Waals surface area contributed by atoms with Gasteiger partial charge in [0.15, 0.2) is 0 Å². The van der Waals surface area contributed by atoms with E-state index in [0.717, 1.165) is 6.54 Å². The summed E-state index contributed by atoms with van der Waals surface area (Å²) >= 11 is 0. The van der Waals surface area contributed by atoms with Crippen molar-refractivity contribution in [2.75, 3.05) is 33.9 Å². The van der Waals surface area contributed by atoms with Crippen molar-refractivity contribution in [3.05, 3.63) is 12.7 Å². The number of halogens is 1. The molecular weight excluding hydrogens is 166 g/mol. The Morgan fingerprint density at radius 1 is 1.27 bits per heavy atom. The Labute approximate surface area is 74.7 Å². The number of likely N-dealkylation sites (N-methyl/N-ethyl adjacent to an activating group) is 1. The van der Waals surface area contributed by atoms with Gasteiger partial charge in [0.05, 0.1) is 13.2 Å². The minimum atomic E-state index is -0.125. The highest BCUT2D eigenvalue weighted by molar-refractivity contribution is 5.85. The van der Waals surface area contributed by atoms with Gasteiger partial charge in [0, 0.05) is 6.54 Å². The highest BCUT2D eigenvalue weighted by Gasteiger charge is 1.75. The molecule has 0 aromatic rings. The molecule has 0 heterocycles. The van der Waals surface area contributed by atoms with Gasteiger partial charge in [-0.25, -0.2) is 0 Å². The lowest BCUT2D eigenvalue weighted by molar-refractivity contribution is 0.186. The van der Waals surface area contributed by atoms with Gasteiger partial charge in [-0.3, -0.25) is 0 Å². The maximum atomic E-state index is 7.62. The lowest BCUT2D eigenvalue weighted by Gasteiger charge is -2.01. The van der Waals surface area contributed by atoms with E-state index in [-0.39, 0.29) is 25.6 Å². The van der Waals surface area contributed by atoms with Crippen molar-refractivity contribution < 1.29 is 10.2 Å². The van der Waals surface area contributed by atoms with Gasteiger partial charge in [0.2, 0.25) is 0 Å². The van der Waals surface area contributed by atoms with E-state index in [9.17, 15) is 0 Å². The molecular formula is C7H18ClNO2. The minimum absolute atomic E-state index is 0. The van der Waals surface area contributed by atoms with Crippen LogP contribution in [0.4, 0.5) is 0 Å². The van der Waals surface area contributed by atoms with Gasteiger partial charge in [-0.1, -0.05) is 6.08 Å². The Balaban J connectivity index is -0.000000114.